The van der Waals surface area contributed by atoms with Crippen molar-refractivity contribution < 1.29 is 13.6 Å². The maximum absolute atomic E-state index is 13.4. The molecular formula is C13H14F2N4O. The van der Waals surface area contributed by atoms with E-state index in [1.54, 1.807) is 0 Å². The quantitative estimate of drug-likeness (QED) is 0.808. The number of anilines is 2. The van der Waals surface area contributed by atoms with Crippen molar-refractivity contribution in [2.45, 2.75) is 19.8 Å². The SMILES string of the molecule is CC(C)c1[nH]nc(C(=O)Nc2cc(F)ccc2F)c1N. The highest BCUT2D eigenvalue weighted by atomic mass is 19.1. The predicted octanol–water partition coefficient (Wildman–Crippen LogP) is 2.65. The molecule has 1 aromatic heterocycles. The molecule has 1 amide bonds. The van der Waals surface area contributed by atoms with Gasteiger partial charge in [-0.05, 0) is 18.1 Å². The van der Waals surface area contributed by atoms with Crippen LogP contribution in [0, 0.1) is 11.6 Å². The lowest BCUT2D eigenvalue weighted by molar-refractivity contribution is 0.102. The van der Waals surface area contributed by atoms with E-state index in [9.17, 15) is 13.6 Å². The molecule has 2 aromatic rings. The van der Waals surface area contributed by atoms with Crippen molar-refractivity contribution in [3.8, 4) is 0 Å². The van der Waals surface area contributed by atoms with Gasteiger partial charge in [-0.15, -0.1) is 0 Å². The Labute approximate surface area is 114 Å². The zero-order valence-electron chi connectivity index (χ0n) is 11.0. The van der Waals surface area contributed by atoms with Gasteiger partial charge in [0.1, 0.15) is 11.6 Å². The van der Waals surface area contributed by atoms with Crippen molar-refractivity contribution in [3.63, 3.8) is 0 Å². The number of halogens is 2. The van der Waals surface area contributed by atoms with E-state index in [0.717, 1.165) is 18.2 Å². The first kappa shape index (κ1) is 14.0. The van der Waals surface area contributed by atoms with Crippen LogP contribution in [-0.4, -0.2) is 16.1 Å². The summed E-state index contributed by atoms with van der Waals surface area (Å²) in [4.78, 5) is 12.0. The van der Waals surface area contributed by atoms with E-state index in [4.69, 9.17) is 5.73 Å². The Hall–Kier alpha value is -2.44. The molecule has 0 aliphatic heterocycles. The summed E-state index contributed by atoms with van der Waals surface area (Å²) in [5.41, 5.74) is 6.32. The predicted molar refractivity (Wildman–Crippen MR) is 71.4 cm³/mol. The summed E-state index contributed by atoms with van der Waals surface area (Å²) in [6.45, 7) is 3.77. The van der Waals surface area contributed by atoms with E-state index in [2.05, 4.69) is 15.5 Å². The third-order valence-corrected chi connectivity index (χ3v) is 2.80. The van der Waals surface area contributed by atoms with E-state index in [0.29, 0.717) is 5.69 Å². The molecule has 0 unspecified atom stereocenters. The second-order valence-electron chi connectivity index (χ2n) is 4.63. The maximum Gasteiger partial charge on any atom is 0.278 e. The Balaban J connectivity index is 2.26. The third-order valence-electron chi connectivity index (χ3n) is 2.80. The molecule has 7 heteroatoms. The minimum atomic E-state index is -0.738. The number of aromatic amines is 1. The first-order valence-electron chi connectivity index (χ1n) is 6.00. The van der Waals surface area contributed by atoms with Gasteiger partial charge in [0.25, 0.3) is 5.91 Å². The molecule has 0 bridgehead atoms. The van der Waals surface area contributed by atoms with Gasteiger partial charge in [-0.25, -0.2) is 8.78 Å². The Morgan fingerprint density at radius 2 is 2.10 bits per heavy atom. The smallest absolute Gasteiger partial charge is 0.278 e. The Bertz CT molecular complexity index is 652. The number of nitrogens with two attached hydrogens (primary N) is 1. The van der Waals surface area contributed by atoms with Crippen molar-refractivity contribution in [2.75, 3.05) is 11.1 Å². The number of hydrogen-bond acceptors (Lipinski definition) is 3. The summed E-state index contributed by atoms with van der Waals surface area (Å²) in [5, 5.41) is 8.71. The highest BCUT2D eigenvalue weighted by Crippen LogP contribution is 2.23. The van der Waals surface area contributed by atoms with Gasteiger partial charge >= 0.3 is 0 Å². The van der Waals surface area contributed by atoms with Crippen LogP contribution < -0.4 is 11.1 Å². The normalized spacial score (nSPS) is 10.8. The molecule has 0 aliphatic carbocycles. The summed E-state index contributed by atoms with van der Waals surface area (Å²) in [6.07, 6.45) is 0. The maximum atomic E-state index is 13.4. The van der Waals surface area contributed by atoms with Gasteiger partial charge in [0.2, 0.25) is 0 Å². The number of carbonyl (C=O) groups excluding carboxylic acids is 1. The van der Waals surface area contributed by atoms with Crippen molar-refractivity contribution in [1.82, 2.24) is 10.2 Å². The van der Waals surface area contributed by atoms with Gasteiger partial charge in [0.15, 0.2) is 5.69 Å². The molecule has 0 spiro atoms. The highest BCUT2D eigenvalue weighted by Gasteiger charge is 2.20. The van der Waals surface area contributed by atoms with E-state index >= 15 is 0 Å². The molecule has 2 rings (SSSR count). The van der Waals surface area contributed by atoms with Crippen molar-refractivity contribution in [2.24, 2.45) is 0 Å². The fourth-order valence-electron chi connectivity index (χ4n) is 1.75. The molecule has 0 atom stereocenters. The van der Waals surface area contributed by atoms with Crippen molar-refractivity contribution in [3.05, 3.63) is 41.2 Å². The molecule has 0 aliphatic rings. The van der Waals surface area contributed by atoms with E-state index < -0.39 is 17.5 Å². The molecule has 0 radical (unpaired) electrons. The Morgan fingerprint density at radius 3 is 2.70 bits per heavy atom. The minimum absolute atomic E-state index is 0.0441. The molecule has 20 heavy (non-hydrogen) atoms. The number of H-pyrrole nitrogens is 1. The molecule has 4 N–H and O–H groups in total. The van der Waals surface area contributed by atoms with E-state index in [1.165, 1.54) is 0 Å². The lowest BCUT2D eigenvalue weighted by Crippen LogP contribution is -2.15. The summed E-state index contributed by atoms with van der Waals surface area (Å²) in [5.74, 6) is -2.03. The van der Waals surface area contributed by atoms with E-state index in [1.807, 2.05) is 13.8 Å². The molecule has 1 aromatic carbocycles. The monoisotopic (exact) mass is 280 g/mol. The summed E-state index contributed by atoms with van der Waals surface area (Å²) >= 11 is 0. The zero-order chi connectivity index (χ0) is 14.9. The molecule has 0 saturated carbocycles. The summed E-state index contributed by atoms with van der Waals surface area (Å²) in [7, 11) is 0. The van der Waals surface area contributed by atoms with Crippen molar-refractivity contribution >= 4 is 17.3 Å². The molecular weight excluding hydrogens is 266 g/mol. The van der Waals surface area contributed by atoms with Crippen LogP contribution in [0.5, 0.6) is 0 Å². The fourth-order valence-corrected chi connectivity index (χ4v) is 1.75. The Kier molecular flexibility index (Phi) is 3.69. The lowest BCUT2D eigenvalue weighted by Gasteiger charge is -2.06. The number of nitrogens with zero attached hydrogens (tertiary/aromatic N) is 1. The van der Waals surface area contributed by atoms with Gasteiger partial charge in [-0.1, -0.05) is 13.8 Å². The van der Waals surface area contributed by atoms with Gasteiger partial charge in [0, 0.05) is 6.07 Å². The summed E-state index contributed by atoms with van der Waals surface area (Å²) in [6, 6.07) is 2.78. The number of benzene rings is 1. The molecule has 5 nitrogen and oxygen atoms in total. The van der Waals surface area contributed by atoms with Crippen LogP contribution in [0.4, 0.5) is 20.2 Å². The largest absolute Gasteiger partial charge is 0.395 e. The first-order chi connectivity index (χ1) is 9.40. The van der Waals surface area contributed by atoms with E-state index in [-0.39, 0.29) is 23.0 Å². The number of aromatic nitrogens is 2. The number of rotatable bonds is 3. The van der Waals surface area contributed by atoms with Gasteiger partial charge in [0.05, 0.1) is 17.1 Å². The van der Waals surface area contributed by atoms with Gasteiger partial charge in [-0.3, -0.25) is 9.89 Å². The van der Waals surface area contributed by atoms with Crippen LogP contribution in [0.2, 0.25) is 0 Å². The average Bonchev–Trinajstić information content (AvgIpc) is 2.76. The summed E-state index contributed by atoms with van der Waals surface area (Å²) < 4.78 is 26.5. The molecule has 0 saturated heterocycles. The fraction of sp³-hybridized carbons (Fsp3) is 0.231. The van der Waals surface area contributed by atoms with Gasteiger partial charge < -0.3 is 11.1 Å². The Morgan fingerprint density at radius 1 is 1.40 bits per heavy atom. The zero-order valence-corrected chi connectivity index (χ0v) is 11.0. The highest BCUT2D eigenvalue weighted by molar-refractivity contribution is 6.06. The minimum Gasteiger partial charge on any atom is -0.395 e. The average molecular weight is 280 g/mol. The van der Waals surface area contributed by atoms with Crippen LogP contribution in [-0.2, 0) is 0 Å². The number of hydrogen-bond donors (Lipinski definition) is 3. The molecule has 1 heterocycles. The van der Waals surface area contributed by atoms with Crippen LogP contribution in [0.25, 0.3) is 0 Å². The van der Waals surface area contributed by atoms with Gasteiger partial charge in [-0.2, -0.15) is 5.10 Å². The number of amides is 1. The third kappa shape index (κ3) is 2.61. The van der Waals surface area contributed by atoms with Crippen molar-refractivity contribution in [1.29, 1.82) is 0 Å². The van der Waals surface area contributed by atoms with Crippen LogP contribution in [0.15, 0.2) is 18.2 Å². The van der Waals surface area contributed by atoms with Crippen LogP contribution >= 0.6 is 0 Å². The lowest BCUT2D eigenvalue weighted by atomic mass is 10.1. The molecule has 106 valence electrons. The number of carbonyl (C=O) groups is 1. The topological polar surface area (TPSA) is 83.8 Å². The number of nitrogen functional groups attached to an aromatic ring is 1. The standard InChI is InChI=1S/C13H14F2N4O/c1-6(2)11-10(16)12(19-18-11)13(20)17-9-5-7(14)3-4-8(9)15/h3-6H,16H2,1-2H3,(H,17,20)(H,18,19). The first-order valence-corrected chi connectivity index (χ1v) is 6.00. The van der Waals surface area contributed by atoms with Crippen LogP contribution in [0.1, 0.15) is 35.9 Å². The second-order valence-corrected chi connectivity index (χ2v) is 4.63. The number of nitrogens with one attached hydrogen (secondary N) is 2. The van der Waals surface area contributed by atoms with Crippen LogP contribution in [0.3, 0.4) is 0 Å². The second kappa shape index (κ2) is 5.28. The molecule has 0 fully saturated rings.